The van der Waals surface area contributed by atoms with Crippen LogP contribution in [0.25, 0.3) is 0 Å². The second-order valence-electron chi connectivity index (χ2n) is 4.41. The summed E-state index contributed by atoms with van der Waals surface area (Å²) in [6.45, 7) is 3.24. The van der Waals surface area contributed by atoms with Crippen LogP contribution in [0.5, 0.6) is 11.5 Å². The quantitative estimate of drug-likeness (QED) is 0.821. The number of aliphatic hydroxyl groups excluding tert-OH is 1. The van der Waals surface area contributed by atoms with Crippen molar-refractivity contribution in [1.82, 2.24) is 0 Å². The Labute approximate surface area is 114 Å². The smallest absolute Gasteiger partial charge is 0.161 e. The van der Waals surface area contributed by atoms with Crippen LogP contribution in [0.15, 0.2) is 18.2 Å². The Hall–Kier alpha value is -1.27. The van der Waals surface area contributed by atoms with Gasteiger partial charge in [0.15, 0.2) is 21.3 Å². The third-order valence-corrected chi connectivity index (χ3v) is 4.93. The number of rotatable bonds is 7. The van der Waals surface area contributed by atoms with E-state index in [0.717, 1.165) is 0 Å². The average molecular weight is 288 g/mol. The Balaban J connectivity index is 2.72. The summed E-state index contributed by atoms with van der Waals surface area (Å²) in [7, 11) is -1.61. The van der Waals surface area contributed by atoms with Crippen molar-refractivity contribution in [1.29, 1.82) is 0 Å². The molecule has 0 bridgehead atoms. The second kappa shape index (κ2) is 6.77. The van der Waals surface area contributed by atoms with E-state index in [4.69, 9.17) is 14.6 Å². The largest absolute Gasteiger partial charge is 0.493 e. The van der Waals surface area contributed by atoms with Crippen molar-refractivity contribution in [3.05, 3.63) is 23.8 Å². The van der Waals surface area contributed by atoms with Gasteiger partial charge in [0.05, 0.1) is 24.7 Å². The Bertz CT molecular complexity index is 508. The van der Waals surface area contributed by atoms with E-state index in [9.17, 15) is 8.42 Å². The van der Waals surface area contributed by atoms with Crippen molar-refractivity contribution < 1.29 is 23.0 Å². The van der Waals surface area contributed by atoms with Gasteiger partial charge in [-0.15, -0.1) is 0 Å². The van der Waals surface area contributed by atoms with Gasteiger partial charge in [0.2, 0.25) is 0 Å². The fraction of sp³-hybridized carbons (Fsp3) is 0.538. The van der Waals surface area contributed by atoms with Crippen LogP contribution in [0.4, 0.5) is 0 Å². The lowest BCUT2D eigenvalue weighted by Gasteiger charge is -2.13. The van der Waals surface area contributed by atoms with Crippen LogP contribution < -0.4 is 9.47 Å². The number of benzene rings is 1. The number of aliphatic hydroxyl groups is 1. The second-order valence-corrected chi connectivity index (χ2v) is 7.08. The minimum Gasteiger partial charge on any atom is -0.493 e. The third kappa shape index (κ3) is 4.40. The number of sulfone groups is 1. The summed E-state index contributed by atoms with van der Waals surface area (Å²) in [4.78, 5) is 0. The molecular weight excluding hydrogens is 268 g/mol. The Morgan fingerprint density at radius 1 is 1.26 bits per heavy atom. The lowest BCUT2D eigenvalue weighted by atomic mass is 10.2. The summed E-state index contributed by atoms with van der Waals surface area (Å²) >= 11 is 0. The SMILES string of the molecule is COc1ccc(CO)cc1OCCS(=O)(=O)C(C)C. The summed E-state index contributed by atoms with van der Waals surface area (Å²) in [5.41, 5.74) is 0.683. The lowest BCUT2D eigenvalue weighted by Crippen LogP contribution is -2.22. The molecule has 19 heavy (non-hydrogen) atoms. The van der Waals surface area contributed by atoms with Gasteiger partial charge in [-0.25, -0.2) is 8.42 Å². The van der Waals surface area contributed by atoms with Gasteiger partial charge >= 0.3 is 0 Å². The molecule has 5 nitrogen and oxygen atoms in total. The molecule has 0 aromatic heterocycles. The normalized spacial score (nSPS) is 11.6. The van der Waals surface area contributed by atoms with E-state index in [-0.39, 0.29) is 19.0 Å². The first-order valence-electron chi connectivity index (χ1n) is 6.03. The standard InChI is InChI=1S/C13H20O5S/c1-10(2)19(15,16)7-6-18-13-8-11(9-14)4-5-12(13)17-3/h4-5,8,10,14H,6-7,9H2,1-3H3. The van der Waals surface area contributed by atoms with Crippen molar-refractivity contribution in [2.24, 2.45) is 0 Å². The van der Waals surface area contributed by atoms with E-state index in [1.807, 2.05) is 0 Å². The van der Waals surface area contributed by atoms with Gasteiger partial charge in [-0.05, 0) is 31.5 Å². The summed E-state index contributed by atoms with van der Waals surface area (Å²) in [5, 5.41) is 8.65. The predicted octanol–water partition coefficient (Wildman–Crippen LogP) is 1.39. The molecule has 0 heterocycles. The minimum atomic E-state index is -3.12. The monoisotopic (exact) mass is 288 g/mol. The molecule has 6 heteroatoms. The first-order valence-corrected chi connectivity index (χ1v) is 7.74. The lowest BCUT2D eigenvalue weighted by molar-refractivity contribution is 0.278. The van der Waals surface area contributed by atoms with Gasteiger partial charge in [0.1, 0.15) is 6.61 Å². The number of ether oxygens (including phenoxy) is 2. The van der Waals surface area contributed by atoms with Crippen molar-refractivity contribution in [3.63, 3.8) is 0 Å². The van der Waals surface area contributed by atoms with Gasteiger partial charge in [-0.3, -0.25) is 0 Å². The van der Waals surface area contributed by atoms with E-state index in [1.54, 1.807) is 32.0 Å². The fourth-order valence-corrected chi connectivity index (χ4v) is 2.22. The first kappa shape index (κ1) is 15.8. The van der Waals surface area contributed by atoms with Crippen LogP contribution in [-0.2, 0) is 16.4 Å². The van der Waals surface area contributed by atoms with Gasteiger partial charge in [-0.1, -0.05) is 6.07 Å². The topological polar surface area (TPSA) is 72.8 Å². The van der Waals surface area contributed by atoms with Crippen LogP contribution >= 0.6 is 0 Å². The van der Waals surface area contributed by atoms with Crippen molar-refractivity contribution in [2.75, 3.05) is 19.5 Å². The third-order valence-electron chi connectivity index (χ3n) is 2.75. The molecule has 1 aromatic rings. The molecule has 0 aliphatic rings. The molecule has 1 aromatic carbocycles. The number of hydrogen-bond donors (Lipinski definition) is 1. The highest BCUT2D eigenvalue weighted by atomic mass is 32.2. The molecule has 0 unspecified atom stereocenters. The zero-order chi connectivity index (χ0) is 14.5. The van der Waals surface area contributed by atoms with Crippen LogP contribution in [0.3, 0.4) is 0 Å². The first-order chi connectivity index (χ1) is 8.90. The van der Waals surface area contributed by atoms with Gasteiger partial charge < -0.3 is 14.6 Å². The molecular formula is C13H20O5S. The van der Waals surface area contributed by atoms with Crippen molar-refractivity contribution in [3.8, 4) is 11.5 Å². The number of hydrogen-bond acceptors (Lipinski definition) is 5. The van der Waals surface area contributed by atoms with Crippen LogP contribution in [-0.4, -0.2) is 38.2 Å². The zero-order valence-electron chi connectivity index (χ0n) is 11.4. The Morgan fingerprint density at radius 2 is 1.95 bits per heavy atom. The van der Waals surface area contributed by atoms with E-state index in [1.165, 1.54) is 7.11 Å². The molecule has 1 rings (SSSR count). The van der Waals surface area contributed by atoms with E-state index < -0.39 is 15.1 Å². The maximum atomic E-state index is 11.6. The van der Waals surface area contributed by atoms with Gasteiger partial charge in [0.25, 0.3) is 0 Å². The maximum Gasteiger partial charge on any atom is 0.161 e. The molecule has 1 N–H and O–H groups in total. The molecule has 0 fully saturated rings. The summed E-state index contributed by atoms with van der Waals surface area (Å²) in [6.07, 6.45) is 0. The molecule has 0 saturated carbocycles. The molecule has 0 aliphatic carbocycles. The summed E-state index contributed by atoms with van der Waals surface area (Å²) in [6, 6.07) is 5.04. The predicted molar refractivity (Wildman–Crippen MR) is 73.3 cm³/mol. The van der Waals surface area contributed by atoms with Gasteiger partial charge in [-0.2, -0.15) is 0 Å². The highest BCUT2D eigenvalue weighted by Crippen LogP contribution is 2.28. The minimum absolute atomic E-state index is 0.0445. The van der Waals surface area contributed by atoms with E-state index in [0.29, 0.717) is 17.1 Å². The molecule has 0 spiro atoms. The molecule has 0 saturated heterocycles. The molecule has 0 atom stereocenters. The average Bonchev–Trinajstić information content (AvgIpc) is 2.38. The summed E-state index contributed by atoms with van der Waals surface area (Å²) in [5.74, 6) is 0.907. The molecule has 0 amide bonds. The zero-order valence-corrected chi connectivity index (χ0v) is 12.2. The highest BCUT2D eigenvalue weighted by molar-refractivity contribution is 7.91. The van der Waals surface area contributed by atoms with Gasteiger partial charge in [0, 0.05) is 0 Å². The van der Waals surface area contributed by atoms with Crippen LogP contribution in [0.1, 0.15) is 19.4 Å². The Kier molecular flexibility index (Phi) is 5.62. The van der Waals surface area contributed by atoms with E-state index >= 15 is 0 Å². The molecule has 0 radical (unpaired) electrons. The Morgan fingerprint density at radius 3 is 2.47 bits per heavy atom. The molecule has 108 valence electrons. The number of methoxy groups -OCH3 is 1. The molecule has 0 aliphatic heterocycles. The fourth-order valence-electron chi connectivity index (χ4n) is 1.44. The maximum absolute atomic E-state index is 11.6. The van der Waals surface area contributed by atoms with Crippen molar-refractivity contribution in [2.45, 2.75) is 25.7 Å². The summed E-state index contributed by atoms with van der Waals surface area (Å²) < 4.78 is 33.9. The van der Waals surface area contributed by atoms with Crippen LogP contribution in [0, 0.1) is 0 Å². The van der Waals surface area contributed by atoms with E-state index in [2.05, 4.69) is 0 Å². The highest BCUT2D eigenvalue weighted by Gasteiger charge is 2.16. The van der Waals surface area contributed by atoms with Crippen LogP contribution in [0.2, 0.25) is 0 Å². The van der Waals surface area contributed by atoms with Crippen molar-refractivity contribution >= 4 is 9.84 Å².